The molecule has 86 valence electrons. The summed E-state index contributed by atoms with van der Waals surface area (Å²) in [5, 5.41) is 7.93. The first-order valence-electron chi connectivity index (χ1n) is 4.97. The monoisotopic (exact) mass is 263 g/mol. The number of nitrogens with zero attached hydrogens (tertiary/aromatic N) is 2. The van der Waals surface area contributed by atoms with Crippen LogP contribution in [0.1, 0.15) is 5.56 Å². The van der Waals surface area contributed by atoms with E-state index in [4.69, 9.17) is 10.3 Å². The Hall–Kier alpha value is -1.66. The molecular weight excluding hydrogens is 254 g/mol. The molecule has 0 amide bonds. The fourth-order valence-electron chi connectivity index (χ4n) is 1.44. The number of thiophene rings is 2. The van der Waals surface area contributed by atoms with E-state index >= 15 is 0 Å². The zero-order valence-electron chi connectivity index (χ0n) is 9.01. The summed E-state index contributed by atoms with van der Waals surface area (Å²) in [6.45, 7) is 1.96. The van der Waals surface area contributed by atoms with E-state index in [0.717, 1.165) is 21.0 Å². The van der Waals surface area contributed by atoms with Crippen molar-refractivity contribution in [2.45, 2.75) is 6.92 Å². The van der Waals surface area contributed by atoms with Crippen molar-refractivity contribution >= 4 is 28.4 Å². The van der Waals surface area contributed by atoms with Crippen LogP contribution in [-0.4, -0.2) is 10.1 Å². The highest BCUT2D eigenvalue weighted by Gasteiger charge is 2.16. The molecule has 6 heteroatoms. The molecular formula is C11H9N3OS2. The fraction of sp³-hybridized carbons (Fsp3) is 0.0909. The Bertz CT molecular complexity index is 640. The van der Waals surface area contributed by atoms with Gasteiger partial charge in [0, 0.05) is 0 Å². The molecule has 0 spiro atoms. The van der Waals surface area contributed by atoms with E-state index in [9.17, 15) is 0 Å². The summed E-state index contributed by atoms with van der Waals surface area (Å²) < 4.78 is 5.24. The van der Waals surface area contributed by atoms with Crippen molar-refractivity contribution in [3.63, 3.8) is 0 Å². The SMILES string of the molecule is Cc1csc(-c2nc(-c3cccs3)no2)c1N. The summed E-state index contributed by atoms with van der Waals surface area (Å²) in [6.07, 6.45) is 0. The summed E-state index contributed by atoms with van der Waals surface area (Å²) in [5.41, 5.74) is 7.71. The molecule has 17 heavy (non-hydrogen) atoms. The molecule has 0 saturated carbocycles. The molecule has 0 aliphatic rings. The van der Waals surface area contributed by atoms with Gasteiger partial charge in [-0.3, -0.25) is 0 Å². The first-order chi connectivity index (χ1) is 8.25. The van der Waals surface area contributed by atoms with Gasteiger partial charge in [0.25, 0.3) is 5.89 Å². The van der Waals surface area contributed by atoms with Gasteiger partial charge in [0.05, 0.1) is 10.6 Å². The van der Waals surface area contributed by atoms with Crippen LogP contribution >= 0.6 is 22.7 Å². The maximum Gasteiger partial charge on any atom is 0.270 e. The lowest BCUT2D eigenvalue weighted by molar-refractivity contribution is 0.433. The number of anilines is 1. The van der Waals surface area contributed by atoms with Gasteiger partial charge in [-0.1, -0.05) is 11.2 Å². The minimum Gasteiger partial charge on any atom is -0.397 e. The van der Waals surface area contributed by atoms with Crippen LogP contribution < -0.4 is 5.73 Å². The summed E-state index contributed by atoms with van der Waals surface area (Å²) in [6, 6.07) is 3.92. The van der Waals surface area contributed by atoms with Gasteiger partial charge in [-0.25, -0.2) is 0 Å². The molecule has 0 atom stereocenters. The Morgan fingerprint density at radius 1 is 1.35 bits per heavy atom. The number of aryl methyl sites for hydroxylation is 1. The van der Waals surface area contributed by atoms with Gasteiger partial charge in [0.2, 0.25) is 5.82 Å². The largest absolute Gasteiger partial charge is 0.397 e. The zero-order valence-corrected chi connectivity index (χ0v) is 10.6. The van der Waals surface area contributed by atoms with E-state index in [1.165, 1.54) is 11.3 Å². The van der Waals surface area contributed by atoms with Gasteiger partial charge in [0.1, 0.15) is 4.88 Å². The van der Waals surface area contributed by atoms with Crippen molar-refractivity contribution in [2.24, 2.45) is 0 Å². The summed E-state index contributed by atoms with van der Waals surface area (Å²) in [4.78, 5) is 6.20. The lowest BCUT2D eigenvalue weighted by Gasteiger charge is -1.91. The predicted molar refractivity (Wildman–Crippen MR) is 70.1 cm³/mol. The van der Waals surface area contributed by atoms with Crippen LogP contribution in [0, 0.1) is 6.92 Å². The molecule has 0 bridgehead atoms. The van der Waals surface area contributed by atoms with Crippen molar-refractivity contribution in [3.05, 3.63) is 28.5 Å². The average Bonchev–Trinajstić information content (AvgIpc) is 3.01. The quantitative estimate of drug-likeness (QED) is 0.769. The lowest BCUT2D eigenvalue weighted by atomic mass is 10.3. The summed E-state index contributed by atoms with van der Waals surface area (Å²) >= 11 is 3.10. The fourth-order valence-corrected chi connectivity index (χ4v) is 2.98. The zero-order chi connectivity index (χ0) is 11.8. The van der Waals surface area contributed by atoms with Gasteiger partial charge < -0.3 is 10.3 Å². The van der Waals surface area contributed by atoms with E-state index in [-0.39, 0.29) is 0 Å². The number of nitrogens with two attached hydrogens (primary N) is 1. The maximum atomic E-state index is 5.95. The molecule has 0 aliphatic carbocycles. The smallest absolute Gasteiger partial charge is 0.270 e. The van der Waals surface area contributed by atoms with Crippen LogP contribution in [0.15, 0.2) is 27.4 Å². The van der Waals surface area contributed by atoms with Crippen molar-refractivity contribution in [1.82, 2.24) is 10.1 Å². The highest BCUT2D eigenvalue weighted by atomic mass is 32.1. The third kappa shape index (κ3) is 1.75. The Morgan fingerprint density at radius 2 is 2.24 bits per heavy atom. The minimum absolute atomic E-state index is 0.490. The van der Waals surface area contributed by atoms with Crippen LogP contribution in [0.25, 0.3) is 21.5 Å². The normalized spacial score (nSPS) is 10.9. The van der Waals surface area contributed by atoms with E-state index in [1.54, 1.807) is 11.3 Å². The lowest BCUT2D eigenvalue weighted by Crippen LogP contribution is -1.87. The van der Waals surface area contributed by atoms with E-state index in [2.05, 4.69) is 10.1 Å². The standard InChI is InChI=1S/C11H9N3OS2/c1-6-5-17-9(8(6)12)11-13-10(14-15-11)7-3-2-4-16-7/h2-5H,12H2,1H3. The topological polar surface area (TPSA) is 64.9 Å². The van der Waals surface area contributed by atoms with E-state index < -0.39 is 0 Å². The number of hydrogen-bond acceptors (Lipinski definition) is 6. The molecule has 0 radical (unpaired) electrons. The van der Waals surface area contributed by atoms with Crippen LogP contribution in [0.2, 0.25) is 0 Å². The number of hydrogen-bond donors (Lipinski definition) is 1. The summed E-state index contributed by atoms with van der Waals surface area (Å²) in [5.74, 6) is 1.10. The van der Waals surface area contributed by atoms with Crippen molar-refractivity contribution in [1.29, 1.82) is 0 Å². The molecule has 3 aromatic rings. The van der Waals surface area contributed by atoms with Crippen LogP contribution in [0.5, 0.6) is 0 Å². The van der Waals surface area contributed by atoms with Gasteiger partial charge >= 0.3 is 0 Å². The first-order valence-corrected chi connectivity index (χ1v) is 6.73. The molecule has 0 saturated heterocycles. The van der Waals surface area contributed by atoms with Crippen LogP contribution in [-0.2, 0) is 0 Å². The van der Waals surface area contributed by atoms with Gasteiger partial charge in [-0.05, 0) is 29.3 Å². The predicted octanol–water partition coefficient (Wildman–Crippen LogP) is 3.42. The second kappa shape index (κ2) is 3.97. The molecule has 0 aliphatic heterocycles. The number of rotatable bonds is 2. The van der Waals surface area contributed by atoms with Gasteiger partial charge in [-0.15, -0.1) is 22.7 Å². The molecule has 2 N–H and O–H groups in total. The first kappa shape index (κ1) is 10.5. The Morgan fingerprint density at radius 3 is 2.88 bits per heavy atom. The molecule has 3 rings (SSSR count). The maximum absolute atomic E-state index is 5.95. The van der Waals surface area contributed by atoms with E-state index in [0.29, 0.717) is 11.7 Å². The van der Waals surface area contributed by atoms with Crippen LogP contribution in [0.3, 0.4) is 0 Å². The molecule has 3 aromatic heterocycles. The molecule has 0 aromatic carbocycles. The second-order valence-electron chi connectivity index (χ2n) is 3.56. The Balaban J connectivity index is 2.04. The van der Waals surface area contributed by atoms with E-state index in [1.807, 2.05) is 29.8 Å². The second-order valence-corrected chi connectivity index (χ2v) is 5.39. The summed E-state index contributed by atoms with van der Waals surface area (Å²) in [7, 11) is 0. The van der Waals surface area contributed by atoms with Crippen molar-refractivity contribution in [3.8, 4) is 21.5 Å². The highest BCUT2D eigenvalue weighted by molar-refractivity contribution is 7.14. The third-order valence-corrected chi connectivity index (χ3v) is 4.35. The molecule has 3 heterocycles. The molecule has 4 nitrogen and oxygen atoms in total. The van der Waals surface area contributed by atoms with Crippen molar-refractivity contribution in [2.75, 3.05) is 5.73 Å². The Kier molecular flexibility index (Phi) is 2.45. The minimum atomic E-state index is 0.490. The third-order valence-electron chi connectivity index (χ3n) is 2.38. The highest BCUT2D eigenvalue weighted by Crippen LogP contribution is 2.34. The average molecular weight is 263 g/mol. The van der Waals surface area contributed by atoms with Gasteiger partial charge in [-0.2, -0.15) is 4.98 Å². The number of nitrogen functional groups attached to an aromatic ring is 1. The number of aromatic nitrogens is 2. The molecule has 0 unspecified atom stereocenters. The van der Waals surface area contributed by atoms with Crippen LogP contribution in [0.4, 0.5) is 5.69 Å². The molecule has 0 fully saturated rings. The van der Waals surface area contributed by atoms with Gasteiger partial charge in [0.15, 0.2) is 0 Å². The van der Waals surface area contributed by atoms with Crippen molar-refractivity contribution < 1.29 is 4.52 Å². The Labute approximate surface area is 106 Å².